The average molecular weight is 245 g/mol. The van der Waals surface area contributed by atoms with Crippen molar-refractivity contribution in [3.05, 3.63) is 28.2 Å². The van der Waals surface area contributed by atoms with Gasteiger partial charge in [0.1, 0.15) is 0 Å². The molecule has 2 rings (SSSR count). The summed E-state index contributed by atoms with van der Waals surface area (Å²) < 4.78 is 0. The monoisotopic (exact) mass is 244 g/mol. The molecule has 0 aromatic heterocycles. The second-order valence-corrected chi connectivity index (χ2v) is 4.83. The normalized spacial score (nSPS) is 25.5. The molecule has 1 saturated carbocycles. The van der Waals surface area contributed by atoms with Crippen molar-refractivity contribution < 1.29 is 0 Å². The first-order valence-corrected chi connectivity index (χ1v) is 5.88. The number of hydrogen-bond donors (Lipinski definition) is 2. The molecule has 0 amide bonds. The highest BCUT2D eigenvalue weighted by atomic mass is 35.5. The Hall–Kier alpha value is -0.440. The quantitative estimate of drug-likeness (QED) is 0.839. The van der Waals surface area contributed by atoms with Crippen molar-refractivity contribution in [3.63, 3.8) is 0 Å². The van der Waals surface area contributed by atoms with Crippen LogP contribution in [0.25, 0.3) is 0 Å². The van der Waals surface area contributed by atoms with Crippen LogP contribution < -0.4 is 11.1 Å². The minimum Gasteiger partial charge on any atom is -0.380 e. The number of halogens is 2. The summed E-state index contributed by atoms with van der Waals surface area (Å²) in [6, 6.07) is 6.23. The van der Waals surface area contributed by atoms with Crippen LogP contribution in [0.3, 0.4) is 0 Å². The van der Waals surface area contributed by atoms with E-state index in [1.165, 1.54) is 0 Å². The number of nitrogens with one attached hydrogen (secondary N) is 1. The van der Waals surface area contributed by atoms with Gasteiger partial charge >= 0.3 is 0 Å². The van der Waals surface area contributed by atoms with Crippen LogP contribution >= 0.6 is 23.2 Å². The molecule has 0 spiro atoms. The minimum absolute atomic E-state index is 0.309. The first kappa shape index (κ1) is 11.1. The first-order chi connectivity index (χ1) is 7.16. The largest absolute Gasteiger partial charge is 0.380 e. The van der Waals surface area contributed by atoms with Gasteiger partial charge in [0.15, 0.2) is 0 Å². The molecule has 2 unspecified atom stereocenters. The molecule has 1 fully saturated rings. The van der Waals surface area contributed by atoms with Crippen LogP contribution in [0.15, 0.2) is 18.2 Å². The van der Waals surface area contributed by atoms with Crippen LogP contribution in [0.4, 0.5) is 5.69 Å². The Morgan fingerprint density at radius 3 is 2.40 bits per heavy atom. The summed E-state index contributed by atoms with van der Waals surface area (Å²) in [5.74, 6) is 0. The maximum Gasteiger partial charge on any atom is 0.0721 e. The third-order valence-electron chi connectivity index (χ3n) is 2.78. The molecular weight excluding hydrogens is 231 g/mol. The van der Waals surface area contributed by atoms with Crippen molar-refractivity contribution in [2.75, 3.05) is 5.32 Å². The van der Waals surface area contributed by atoms with Gasteiger partial charge < -0.3 is 11.1 Å². The molecule has 3 N–H and O–H groups in total. The lowest BCUT2D eigenvalue weighted by Crippen LogP contribution is -2.21. The third kappa shape index (κ3) is 2.57. The topological polar surface area (TPSA) is 38.0 Å². The van der Waals surface area contributed by atoms with E-state index in [4.69, 9.17) is 28.9 Å². The van der Waals surface area contributed by atoms with Gasteiger partial charge in [-0.05, 0) is 31.4 Å². The standard InChI is InChI=1S/C11H14Cl2N2/c12-9-2-1-3-10(13)11(9)15-8-5-4-7(14)6-8/h1-3,7-8,15H,4-6,14H2. The molecule has 0 saturated heterocycles. The Morgan fingerprint density at radius 1 is 1.20 bits per heavy atom. The molecule has 0 bridgehead atoms. The fourth-order valence-electron chi connectivity index (χ4n) is 1.99. The van der Waals surface area contributed by atoms with E-state index in [1.54, 1.807) is 0 Å². The Morgan fingerprint density at radius 2 is 1.87 bits per heavy atom. The minimum atomic E-state index is 0.309. The number of rotatable bonds is 2. The van der Waals surface area contributed by atoms with Gasteiger partial charge in [0, 0.05) is 12.1 Å². The number of para-hydroxylation sites is 1. The second kappa shape index (κ2) is 4.60. The van der Waals surface area contributed by atoms with Crippen LogP contribution in [0.5, 0.6) is 0 Å². The fourth-order valence-corrected chi connectivity index (χ4v) is 2.49. The van der Waals surface area contributed by atoms with Crippen LogP contribution in [0.1, 0.15) is 19.3 Å². The predicted molar refractivity (Wildman–Crippen MR) is 65.7 cm³/mol. The second-order valence-electron chi connectivity index (χ2n) is 4.01. The lowest BCUT2D eigenvalue weighted by atomic mass is 10.2. The average Bonchev–Trinajstić information content (AvgIpc) is 2.58. The number of nitrogens with two attached hydrogens (primary N) is 1. The Balaban J connectivity index is 2.10. The van der Waals surface area contributed by atoms with Crippen LogP contribution in [-0.4, -0.2) is 12.1 Å². The van der Waals surface area contributed by atoms with Gasteiger partial charge in [-0.2, -0.15) is 0 Å². The van der Waals surface area contributed by atoms with E-state index in [9.17, 15) is 0 Å². The van der Waals surface area contributed by atoms with E-state index in [2.05, 4.69) is 5.32 Å². The highest BCUT2D eigenvalue weighted by Crippen LogP contribution is 2.32. The van der Waals surface area contributed by atoms with E-state index in [0.29, 0.717) is 22.1 Å². The van der Waals surface area contributed by atoms with E-state index in [1.807, 2.05) is 18.2 Å². The Kier molecular flexibility index (Phi) is 3.39. The SMILES string of the molecule is NC1CCC(Nc2c(Cl)cccc2Cl)C1. The van der Waals surface area contributed by atoms with Crippen molar-refractivity contribution in [3.8, 4) is 0 Å². The van der Waals surface area contributed by atoms with E-state index < -0.39 is 0 Å². The van der Waals surface area contributed by atoms with Crippen molar-refractivity contribution in [2.24, 2.45) is 5.73 Å². The summed E-state index contributed by atoms with van der Waals surface area (Å²) in [6.07, 6.45) is 3.14. The van der Waals surface area contributed by atoms with Crippen LogP contribution in [0.2, 0.25) is 10.0 Å². The van der Waals surface area contributed by atoms with Gasteiger partial charge in [-0.25, -0.2) is 0 Å². The van der Waals surface area contributed by atoms with Crippen LogP contribution in [-0.2, 0) is 0 Å². The van der Waals surface area contributed by atoms with Crippen molar-refractivity contribution in [1.82, 2.24) is 0 Å². The molecule has 1 aliphatic carbocycles. The van der Waals surface area contributed by atoms with Gasteiger partial charge in [0.2, 0.25) is 0 Å². The smallest absolute Gasteiger partial charge is 0.0721 e. The van der Waals surface area contributed by atoms with Gasteiger partial charge in [-0.15, -0.1) is 0 Å². The van der Waals surface area contributed by atoms with Crippen molar-refractivity contribution in [2.45, 2.75) is 31.3 Å². The molecule has 82 valence electrons. The number of hydrogen-bond acceptors (Lipinski definition) is 2. The zero-order chi connectivity index (χ0) is 10.8. The molecule has 2 nitrogen and oxygen atoms in total. The van der Waals surface area contributed by atoms with Crippen molar-refractivity contribution in [1.29, 1.82) is 0 Å². The zero-order valence-electron chi connectivity index (χ0n) is 8.34. The summed E-state index contributed by atoms with van der Waals surface area (Å²) in [4.78, 5) is 0. The lowest BCUT2D eigenvalue weighted by molar-refractivity contribution is 0.688. The van der Waals surface area contributed by atoms with E-state index in [0.717, 1.165) is 24.9 Å². The summed E-state index contributed by atoms with van der Waals surface area (Å²) in [6.45, 7) is 0. The molecule has 1 aliphatic rings. The van der Waals surface area contributed by atoms with Gasteiger partial charge in [0.25, 0.3) is 0 Å². The highest BCUT2D eigenvalue weighted by molar-refractivity contribution is 6.39. The van der Waals surface area contributed by atoms with Crippen LogP contribution in [0, 0.1) is 0 Å². The van der Waals surface area contributed by atoms with E-state index >= 15 is 0 Å². The molecule has 0 aliphatic heterocycles. The molecule has 1 aromatic rings. The fraction of sp³-hybridized carbons (Fsp3) is 0.455. The summed E-state index contributed by atoms with van der Waals surface area (Å²) in [7, 11) is 0. The first-order valence-electron chi connectivity index (χ1n) is 5.13. The molecular formula is C11H14Cl2N2. The summed E-state index contributed by atoms with van der Waals surface area (Å²) >= 11 is 12.1. The van der Waals surface area contributed by atoms with Crippen molar-refractivity contribution >= 4 is 28.9 Å². The Bertz CT molecular complexity index is 334. The number of anilines is 1. The number of benzene rings is 1. The predicted octanol–water partition coefficient (Wildman–Crippen LogP) is 3.29. The molecule has 15 heavy (non-hydrogen) atoms. The summed E-state index contributed by atoms with van der Waals surface area (Å²) in [5, 5.41) is 4.70. The molecule has 0 radical (unpaired) electrons. The van der Waals surface area contributed by atoms with Gasteiger partial charge in [-0.3, -0.25) is 0 Å². The third-order valence-corrected chi connectivity index (χ3v) is 3.41. The molecule has 4 heteroatoms. The molecule has 1 aromatic carbocycles. The summed E-state index contributed by atoms with van der Waals surface area (Å²) in [5.41, 5.74) is 6.68. The lowest BCUT2D eigenvalue weighted by Gasteiger charge is -2.16. The van der Waals surface area contributed by atoms with Gasteiger partial charge in [0.05, 0.1) is 15.7 Å². The molecule has 2 atom stereocenters. The maximum atomic E-state index is 6.07. The maximum absolute atomic E-state index is 6.07. The molecule has 0 heterocycles. The van der Waals surface area contributed by atoms with E-state index in [-0.39, 0.29) is 0 Å². The van der Waals surface area contributed by atoms with Gasteiger partial charge in [-0.1, -0.05) is 29.3 Å². The zero-order valence-corrected chi connectivity index (χ0v) is 9.85. The highest BCUT2D eigenvalue weighted by Gasteiger charge is 2.22. The Labute approximate surface area is 99.7 Å².